The summed E-state index contributed by atoms with van der Waals surface area (Å²) in [5.74, 6) is 0.356. The molecule has 3 aromatic rings. The van der Waals surface area contributed by atoms with Gasteiger partial charge in [0.2, 0.25) is 5.91 Å². The Kier molecular flexibility index (Phi) is 5.17. The van der Waals surface area contributed by atoms with Crippen molar-refractivity contribution in [2.24, 2.45) is 0 Å². The maximum Gasteiger partial charge on any atom is 0.255 e. The van der Waals surface area contributed by atoms with Crippen LogP contribution in [-0.4, -0.2) is 17.6 Å². The summed E-state index contributed by atoms with van der Waals surface area (Å²) in [6.07, 6.45) is 0. The number of para-hydroxylation sites is 1. The summed E-state index contributed by atoms with van der Waals surface area (Å²) in [7, 11) is 0. The van der Waals surface area contributed by atoms with E-state index >= 15 is 0 Å². The Labute approximate surface area is 168 Å². The number of nitrogens with one attached hydrogen (secondary N) is 1. The Morgan fingerprint density at radius 1 is 1.04 bits per heavy atom. The molecule has 4 rings (SSSR count). The lowest BCUT2D eigenvalue weighted by Gasteiger charge is -2.29. The molecule has 28 heavy (non-hydrogen) atoms. The zero-order valence-electron chi connectivity index (χ0n) is 15.5. The number of carbonyl (C=O) groups excluding carboxylic acids is 2. The van der Waals surface area contributed by atoms with Gasteiger partial charge in [0.05, 0.1) is 18.0 Å². The quantitative estimate of drug-likeness (QED) is 0.693. The summed E-state index contributed by atoms with van der Waals surface area (Å²) in [6.45, 7) is 2.45. The second-order valence-electron chi connectivity index (χ2n) is 6.76. The Hall–Kier alpha value is -3.05. The van der Waals surface area contributed by atoms with Crippen LogP contribution in [0.4, 0.5) is 11.4 Å². The topological polar surface area (TPSA) is 49.4 Å². The highest BCUT2D eigenvalue weighted by molar-refractivity contribution is 8.00. The van der Waals surface area contributed by atoms with Crippen LogP contribution in [0.5, 0.6) is 0 Å². The molecule has 1 aliphatic rings. The number of thioether (sulfide) groups is 1. The van der Waals surface area contributed by atoms with Gasteiger partial charge in [0.1, 0.15) is 0 Å². The van der Waals surface area contributed by atoms with Gasteiger partial charge in [0.15, 0.2) is 0 Å². The number of hydrogen-bond donors (Lipinski definition) is 1. The van der Waals surface area contributed by atoms with Crippen LogP contribution in [0.2, 0.25) is 0 Å². The minimum atomic E-state index is -0.161. The average molecular weight is 388 g/mol. The molecule has 0 fully saturated rings. The maximum absolute atomic E-state index is 12.6. The standard InChI is InChI=1S/C23H20N2O2S/c1-16-9-11-19(12-10-16)24-23(27)18-6-4-5-17(13-18)14-25-20-7-2-3-8-21(20)28-15-22(25)26/h2-13H,14-15H2,1H3,(H,24,27). The van der Waals surface area contributed by atoms with Crippen LogP contribution in [0, 0.1) is 6.92 Å². The molecule has 0 bridgehead atoms. The first kappa shape index (κ1) is 18.3. The van der Waals surface area contributed by atoms with E-state index < -0.39 is 0 Å². The second-order valence-corrected chi connectivity index (χ2v) is 7.77. The third kappa shape index (κ3) is 3.94. The Balaban J connectivity index is 1.53. The molecule has 0 spiro atoms. The highest BCUT2D eigenvalue weighted by atomic mass is 32.2. The molecule has 0 unspecified atom stereocenters. The van der Waals surface area contributed by atoms with Gasteiger partial charge in [-0.05, 0) is 48.9 Å². The summed E-state index contributed by atoms with van der Waals surface area (Å²) < 4.78 is 0. The third-order valence-electron chi connectivity index (χ3n) is 4.65. The van der Waals surface area contributed by atoms with Crippen molar-refractivity contribution in [3.63, 3.8) is 0 Å². The number of nitrogens with zero attached hydrogens (tertiary/aromatic N) is 1. The molecule has 0 radical (unpaired) electrons. The van der Waals surface area contributed by atoms with Crippen molar-refractivity contribution in [1.29, 1.82) is 0 Å². The number of aryl methyl sites for hydroxylation is 1. The minimum Gasteiger partial charge on any atom is -0.322 e. The molecule has 5 heteroatoms. The van der Waals surface area contributed by atoms with E-state index in [-0.39, 0.29) is 11.8 Å². The van der Waals surface area contributed by atoms with Crippen LogP contribution in [0.1, 0.15) is 21.5 Å². The minimum absolute atomic E-state index is 0.0817. The zero-order chi connectivity index (χ0) is 19.5. The van der Waals surface area contributed by atoms with E-state index in [1.807, 2.05) is 73.7 Å². The first-order valence-corrected chi connectivity index (χ1v) is 10.1. The molecular weight excluding hydrogens is 368 g/mol. The molecular formula is C23H20N2O2S. The van der Waals surface area contributed by atoms with Crippen molar-refractivity contribution in [1.82, 2.24) is 0 Å². The molecule has 4 nitrogen and oxygen atoms in total. The van der Waals surface area contributed by atoms with Gasteiger partial charge in [-0.2, -0.15) is 0 Å². The van der Waals surface area contributed by atoms with E-state index in [9.17, 15) is 9.59 Å². The molecule has 1 aliphatic heterocycles. The fraction of sp³-hybridized carbons (Fsp3) is 0.130. The third-order valence-corrected chi connectivity index (χ3v) is 5.70. The van der Waals surface area contributed by atoms with Crippen molar-refractivity contribution in [3.05, 3.63) is 89.5 Å². The molecule has 2 amide bonds. The molecule has 0 saturated heterocycles. The van der Waals surface area contributed by atoms with E-state index in [1.54, 1.807) is 22.7 Å². The summed E-state index contributed by atoms with van der Waals surface area (Å²) in [4.78, 5) is 28.0. The summed E-state index contributed by atoms with van der Waals surface area (Å²) in [5, 5.41) is 2.92. The molecule has 0 aliphatic carbocycles. The lowest BCUT2D eigenvalue weighted by Crippen LogP contribution is -2.34. The Morgan fingerprint density at radius 2 is 1.82 bits per heavy atom. The predicted octanol–water partition coefficient (Wildman–Crippen LogP) is 4.89. The normalized spacial score (nSPS) is 13.2. The lowest BCUT2D eigenvalue weighted by atomic mass is 10.1. The zero-order valence-corrected chi connectivity index (χ0v) is 16.3. The van der Waals surface area contributed by atoms with Gasteiger partial charge in [0, 0.05) is 16.1 Å². The van der Waals surface area contributed by atoms with Gasteiger partial charge < -0.3 is 10.2 Å². The van der Waals surface area contributed by atoms with Crippen molar-refractivity contribution in [2.45, 2.75) is 18.4 Å². The molecule has 3 aromatic carbocycles. The summed E-state index contributed by atoms with van der Waals surface area (Å²) in [6, 6.07) is 23.1. The maximum atomic E-state index is 12.6. The number of fused-ring (bicyclic) bond motifs is 1. The lowest BCUT2D eigenvalue weighted by molar-refractivity contribution is -0.116. The monoisotopic (exact) mass is 388 g/mol. The van der Waals surface area contributed by atoms with Crippen molar-refractivity contribution in [2.75, 3.05) is 16.0 Å². The number of amides is 2. The smallest absolute Gasteiger partial charge is 0.255 e. The highest BCUT2D eigenvalue weighted by Crippen LogP contribution is 2.35. The molecule has 140 valence electrons. The largest absolute Gasteiger partial charge is 0.322 e. The molecule has 0 saturated carbocycles. The fourth-order valence-corrected chi connectivity index (χ4v) is 4.10. The number of carbonyl (C=O) groups is 2. The summed E-state index contributed by atoms with van der Waals surface area (Å²) >= 11 is 1.57. The predicted molar refractivity (Wildman–Crippen MR) is 114 cm³/mol. The van der Waals surface area contributed by atoms with Gasteiger partial charge in [0.25, 0.3) is 5.91 Å². The van der Waals surface area contributed by atoms with Crippen LogP contribution >= 0.6 is 11.8 Å². The van der Waals surface area contributed by atoms with Gasteiger partial charge in [-0.15, -0.1) is 11.8 Å². The van der Waals surface area contributed by atoms with E-state index in [0.29, 0.717) is 17.9 Å². The average Bonchev–Trinajstić information content (AvgIpc) is 2.72. The Morgan fingerprint density at radius 3 is 2.64 bits per heavy atom. The number of hydrogen-bond acceptors (Lipinski definition) is 3. The van der Waals surface area contributed by atoms with Crippen LogP contribution in [0.15, 0.2) is 77.7 Å². The fourth-order valence-electron chi connectivity index (χ4n) is 3.16. The van der Waals surface area contributed by atoms with E-state index in [1.165, 1.54) is 0 Å². The van der Waals surface area contributed by atoms with Crippen LogP contribution in [0.25, 0.3) is 0 Å². The van der Waals surface area contributed by atoms with E-state index in [0.717, 1.165) is 27.4 Å². The van der Waals surface area contributed by atoms with E-state index in [4.69, 9.17) is 0 Å². The number of benzene rings is 3. The molecule has 0 atom stereocenters. The van der Waals surface area contributed by atoms with Crippen LogP contribution in [-0.2, 0) is 11.3 Å². The van der Waals surface area contributed by atoms with Crippen LogP contribution in [0.3, 0.4) is 0 Å². The number of rotatable bonds is 4. The number of anilines is 2. The molecule has 1 heterocycles. The SMILES string of the molecule is Cc1ccc(NC(=O)c2cccc(CN3C(=O)CSc4ccccc43)c2)cc1. The second kappa shape index (κ2) is 7.90. The Bertz CT molecular complexity index is 1030. The first-order chi connectivity index (χ1) is 13.6. The van der Waals surface area contributed by atoms with Crippen molar-refractivity contribution < 1.29 is 9.59 Å². The first-order valence-electron chi connectivity index (χ1n) is 9.09. The van der Waals surface area contributed by atoms with Gasteiger partial charge in [-0.1, -0.05) is 42.0 Å². The molecule has 0 aromatic heterocycles. The van der Waals surface area contributed by atoms with Gasteiger partial charge >= 0.3 is 0 Å². The summed E-state index contributed by atoms with van der Waals surface area (Å²) in [5.41, 5.74) is 4.33. The van der Waals surface area contributed by atoms with Crippen molar-refractivity contribution in [3.8, 4) is 0 Å². The highest BCUT2D eigenvalue weighted by Gasteiger charge is 2.24. The van der Waals surface area contributed by atoms with Crippen molar-refractivity contribution >= 4 is 35.0 Å². The van der Waals surface area contributed by atoms with Crippen LogP contribution < -0.4 is 10.2 Å². The van der Waals surface area contributed by atoms with E-state index in [2.05, 4.69) is 5.32 Å². The molecule has 1 N–H and O–H groups in total. The van der Waals surface area contributed by atoms with Gasteiger partial charge in [-0.3, -0.25) is 9.59 Å². The van der Waals surface area contributed by atoms with Gasteiger partial charge in [-0.25, -0.2) is 0 Å².